The third-order valence-electron chi connectivity index (χ3n) is 2.08. The minimum Gasteiger partial charge on any atom is -0.265 e. The summed E-state index contributed by atoms with van der Waals surface area (Å²) in [6, 6.07) is 6.28. The van der Waals surface area contributed by atoms with Crippen LogP contribution >= 0.6 is 23.8 Å². The fraction of sp³-hybridized carbons (Fsp3) is 0.0909. The number of aromatic nitrogens is 2. The molecule has 6 heteroatoms. The van der Waals surface area contributed by atoms with Crippen molar-refractivity contribution in [3.63, 3.8) is 0 Å². The second-order valence-corrected chi connectivity index (χ2v) is 3.92. The zero-order valence-electron chi connectivity index (χ0n) is 8.60. The molecule has 17 heavy (non-hydrogen) atoms. The van der Waals surface area contributed by atoms with Gasteiger partial charge in [0.1, 0.15) is 10.8 Å². The minimum absolute atomic E-state index is 0.280. The molecule has 0 unspecified atom stereocenters. The van der Waals surface area contributed by atoms with Crippen LogP contribution in [0.4, 0.5) is 10.2 Å². The number of thiocarbonyl (C=S) groups is 1. The van der Waals surface area contributed by atoms with Crippen molar-refractivity contribution >= 4 is 34.8 Å². The third-order valence-corrected chi connectivity index (χ3v) is 2.44. The lowest BCUT2D eigenvalue weighted by molar-refractivity contribution is 0.619. The zero-order valence-corrected chi connectivity index (χ0v) is 10.2. The molecule has 86 valence electrons. The number of isothiocyanates is 1. The highest BCUT2D eigenvalue weighted by molar-refractivity contribution is 7.78. The molecule has 0 atom stereocenters. The molecule has 2 rings (SSSR count). The molecular weight excluding hydrogens is 261 g/mol. The van der Waals surface area contributed by atoms with Crippen molar-refractivity contribution in [3.05, 3.63) is 46.9 Å². The summed E-state index contributed by atoms with van der Waals surface area (Å²) in [6.45, 7) is 0.421. The monoisotopic (exact) mass is 267 g/mol. The highest BCUT2D eigenvalue weighted by Gasteiger charge is 2.06. The maximum absolute atomic E-state index is 13.0. The van der Waals surface area contributed by atoms with Crippen molar-refractivity contribution in [1.29, 1.82) is 0 Å². The van der Waals surface area contributed by atoms with E-state index in [0.29, 0.717) is 17.4 Å². The number of halogens is 2. The van der Waals surface area contributed by atoms with Gasteiger partial charge in [-0.1, -0.05) is 23.7 Å². The average Bonchev–Trinajstić information content (AvgIpc) is 2.60. The van der Waals surface area contributed by atoms with Crippen LogP contribution in [0.3, 0.4) is 0 Å². The van der Waals surface area contributed by atoms with Gasteiger partial charge in [-0.2, -0.15) is 10.1 Å². The Balaban J connectivity index is 2.24. The molecule has 0 spiro atoms. The first-order chi connectivity index (χ1) is 8.19. The van der Waals surface area contributed by atoms with E-state index in [4.69, 9.17) is 11.6 Å². The smallest absolute Gasteiger partial charge is 0.202 e. The highest BCUT2D eigenvalue weighted by Crippen LogP contribution is 2.22. The van der Waals surface area contributed by atoms with Gasteiger partial charge in [-0.15, -0.1) is 0 Å². The lowest BCUT2D eigenvalue weighted by Crippen LogP contribution is -2.00. The van der Waals surface area contributed by atoms with Crippen LogP contribution in [0.2, 0.25) is 5.02 Å². The molecule has 0 aliphatic heterocycles. The molecule has 0 saturated carbocycles. The summed E-state index contributed by atoms with van der Waals surface area (Å²) in [5.41, 5.74) is 0.794. The van der Waals surface area contributed by atoms with Gasteiger partial charge >= 0.3 is 0 Å². The van der Waals surface area contributed by atoms with E-state index in [-0.39, 0.29) is 5.82 Å². The summed E-state index contributed by atoms with van der Waals surface area (Å²) < 4.78 is 14.5. The van der Waals surface area contributed by atoms with Crippen LogP contribution in [-0.2, 0) is 6.54 Å². The fourth-order valence-corrected chi connectivity index (χ4v) is 1.69. The van der Waals surface area contributed by atoms with Gasteiger partial charge in [0.05, 0.1) is 11.7 Å². The van der Waals surface area contributed by atoms with E-state index >= 15 is 0 Å². The van der Waals surface area contributed by atoms with E-state index in [1.807, 2.05) is 0 Å². The van der Waals surface area contributed by atoms with E-state index in [1.54, 1.807) is 23.0 Å². The predicted octanol–water partition coefficient (Wildman–Crippen LogP) is 3.46. The Morgan fingerprint density at radius 2 is 2.35 bits per heavy atom. The van der Waals surface area contributed by atoms with Crippen LogP contribution in [0.1, 0.15) is 5.56 Å². The van der Waals surface area contributed by atoms with Crippen LogP contribution < -0.4 is 0 Å². The largest absolute Gasteiger partial charge is 0.265 e. The van der Waals surface area contributed by atoms with E-state index < -0.39 is 0 Å². The van der Waals surface area contributed by atoms with Crippen molar-refractivity contribution in [2.45, 2.75) is 6.54 Å². The predicted molar refractivity (Wildman–Crippen MR) is 67.4 cm³/mol. The lowest BCUT2D eigenvalue weighted by atomic mass is 10.2. The molecule has 0 radical (unpaired) electrons. The Hall–Kier alpha value is -1.55. The first-order valence-electron chi connectivity index (χ1n) is 4.74. The molecule has 1 aromatic heterocycles. The van der Waals surface area contributed by atoms with Gasteiger partial charge in [0, 0.05) is 6.20 Å². The maximum Gasteiger partial charge on any atom is 0.202 e. The summed E-state index contributed by atoms with van der Waals surface area (Å²) in [6.07, 6.45) is 1.61. The maximum atomic E-state index is 13.0. The molecule has 2 aromatic rings. The summed E-state index contributed by atoms with van der Waals surface area (Å²) in [4.78, 5) is 3.71. The van der Waals surface area contributed by atoms with Crippen molar-refractivity contribution < 1.29 is 4.39 Å². The van der Waals surface area contributed by atoms with Crippen molar-refractivity contribution in [2.24, 2.45) is 4.99 Å². The topological polar surface area (TPSA) is 30.2 Å². The zero-order chi connectivity index (χ0) is 12.3. The standard InChI is InChI=1S/C11H7ClFN3S/c12-10-6-16(15-11(10)14-7-17)5-8-2-1-3-9(13)4-8/h1-4,6H,5H2. The SMILES string of the molecule is Fc1cccc(Cn2cc(Cl)c(N=C=S)n2)c1. The van der Waals surface area contributed by atoms with Gasteiger partial charge in [0.2, 0.25) is 5.82 Å². The van der Waals surface area contributed by atoms with E-state index in [1.165, 1.54) is 12.1 Å². The van der Waals surface area contributed by atoms with Crippen LogP contribution in [0.5, 0.6) is 0 Å². The third kappa shape index (κ3) is 2.97. The molecule has 1 aromatic carbocycles. The van der Waals surface area contributed by atoms with Gasteiger partial charge < -0.3 is 0 Å². The molecule has 0 N–H and O–H groups in total. The number of hydrogen-bond donors (Lipinski definition) is 0. The molecule has 1 heterocycles. The second kappa shape index (κ2) is 5.19. The molecule has 0 amide bonds. The first kappa shape index (κ1) is 11.9. The normalized spacial score (nSPS) is 10.0. The van der Waals surface area contributed by atoms with E-state index in [9.17, 15) is 4.39 Å². The molecule has 3 nitrogen and oxygen atoms in total. The van der Waals surface area contributed by atoms with Gasteiger partial charge in [0.15, 0.2) is 0 Å². The molecule has 0 aliphatic rings. The molecule has 0 fully saturated rings. The Labute approximate surface area is 108 Å². The summed E-state index contributed by atoms with van der Waals surface area (Å²) >= 11 is 10.4. The Morgan fingerprint density at radius 3 is 3.06 bits per heavy atom. The van der Waals surface area contributed by atoms with Crippen molar-refractivity contribution in [1.82, 2.24) is 9.78 Å². The number of nitrogens with zero attached hydrogens (tertiary/aromatic N) is 3. The lowest BCUT2D eigenvalue weighted by Gasteiger charge is -2.01. The van der Waals surface area contributed by atoms with Gasteiger partial charge in [-0.25, -0.2) is 4.39 Å². The quantitative estimate of drug-likeness (QED) is 0.630. The van der Waals surface area contributed by atoms with Crippen LogP contribution in [0, 0.1) is 5.82 Å². The van der Waals surface area contributed by atoms with Crippen molar-refractivity contribution in [2.75, 3.05) is 0 Å². The number of benzene rings is 1. The van der Waals surface area contributed by atoms with E-state index in [0.717, 1.165) is 5.56 Å². The Bertz CT molecular complexity index is 590. The van der Waals surface area contributed by atoms with Gasteiger partial charge in [0.25, 0.3) is 0 Å². The van der Waals surface area contributed by atoms with Crippen LogP contribution in [-0.4, -0.2) is 14.9 Å². The van der Waals surface area contributed by atoms with Crippen LogP contribution in [0.25, 0.3) is 0 Å². The van der Waals surface area contributed by atoms with E-state index in [2.05, 4.69) is 27.5 Å². The number of aliphatic imine (C=N–C) groups is 1. The average molecular weight is 268 g/mol. The highest BCUT2D eigenvalue weighted by atomic mass is 35.5. The van der Waals surface area contributed by atoms with Crippen LogP contribution in [0.15, 0.2) is 35.5 Å². The number of rotatable bonds is 3. The molecular formula is C11H7ClFN3S. The molecule has 0 bridgehead atoms. The summed E-state index contributed by atoms with van der Waals surface area (Å²) in [5.74, 6) is 0.0379. The molecule has 0 aliphatic carbocycles. The summed E-state index contributed by atoms with van der Waals surface area (Å²) in [7, 11) is 0. The Kier molecular flexibility index (Phi) is 3.64. The Morgan fingerprint density at radius 1 is 1.53 bits per heavy atom. The summed E-state index contributed by atoms with van der Waals surface area (Å²) in [5, 5.41) is 6.68. The fourth-order valence-electron chi connectivity index (χ4n) is 1.41. The minimum atomic E-state index is -0.280. The first-order valence-corrected chi connectivity index (χ1v) is 5.53. The van der Waals surface area contributed by atoms with Crippen molar-refractivity contribution in [3.8, 4) is 0 Å². The molecule has 0 saturated heterocycles. The second-order valence-electron chi connectivity index (χ2n) is 3.33. The van der Waals surface area contributed by atoms with Gasteiger partial charge in [-0.05, 0) is 29.9 Å². The van der Waals surface area contributed by atoms with Gasteiger partial charge in [-0.3, -0.25) is 4.68 Å². The number of hydrogen-bond acceptors (Lipinski definition) is 3.